The van der Waals surface area contributed by atoms with E-state index in [2.05, 4.69) is 10.6 Å². The van der Waals surface area contributed by atoms with Crippen molar-refractivity contribution in [3.63, 3.8) is 0 Å². The maximum atomic E-state index is 11.7. The Bertz CT molecular complexity index is 461. The second-order valence-electron chi connectivity index (χ2n) is 4.60. The first kappa shape index (κ1) is 16.0. The summed E-state index contributed by atoms with van der Waals surface area (Å²) in [5.74, 6) is -0.691. The molecule has 6 heteroatoms. The first-order valence-corrected chi connectivity index (χ1v) is 6.41. The van der Waals surface area contributed by atoms with Gasteiger partial charge >= 0.3 is 11.8 Å². The van der Waals surface area contributed by atoms with Gasteiger partial charge in [0.2, 0.25) is 0 Å². The van der Waals surface area contributed by atoms with Crippen molar-refractivity contribution >= 4 is 17.5 Å². The van der Waals surface area contributed by atoms with E-state index in [9.17, 15) is 9.59 Å². The third kappa shape index (κ3) is 5.71. The van der Waals surface area contributed by atoms with Crippen LogP contribution in [0.25, 0.3) is 0 Å². The van der Waals surface area contributed by atoms with E-state index in [4.69, 9.17) is 4.74 Å². The predicted molar refractivity (Wildman–Crippen MR) is 77.8 cm³/mol. The highest BCUT2D eigenvalue weighted by molar-refractivity contribution is 6.39. The molecule has 0 aliphatic heterocycles. The van der Waals surface area contributed by atoms with E-state index in [0.29, 0.717) is 18.0 Å². The average molecular weight is 279 g/mol. The molecule has 0 bridgehead atoms. The van der Waals surface area contributed by atoms with Crippen molar-refractivity contribution in [1.29, 1.82) is 0 Å². The van der Waals surface area contributed by atoms with Crippen LogP contribution in [0.5, 0.6) is 5.75 Å². The van der Waals surface area contributed by atoms with Gasteiger partial charge in [-0.15, -0.1) is 0 Å². The van der Waals surface area contributed by atoms with Gasteiger partial charge in [0.05, 0.1) is 7.11 Å². The molecule has 1 aromatic rings. The van der Waals surface area contributed by atoms with Crippen LogP contribution in [0.3, 0.4) is 0 Å². The highest BCUT2D eigenvalue weighted by Crippen LogP contribution is 2.16. The van der Waals surface area contributed by atoms with Crippen molar-refractivity contribution < 1.29 is 14.3 Å². The SMILES string of the molecule is COc1cccc(NC(=O)C(=O)NCCCN(C)C)c1. The number of amides is 2. The number of carbonyl (C=O) groups is 2. The summed E-state index contributed by atoms with van der Waals surface area (Å²) in [6.07, 6.45) is 0.797. The lowest BCUT2D eigenvalue weighted by molar-refractivity contribution is -0.136. The monoisotopic (exact) mass is 279 g/mol. The Morgan fingerprint density at radius 2 is 2.00 bits per heavy atom. The van der Waals surface area contributed by atoms with Gasteiger partial charge in [-0.1, -0.05) is 6.07 Å². The Morgan fingerprint density at radius 3 is 2.65 bits per heavy atom. The highest BCUT2D eigenvalue weighted by atomic mass is 16.5. The molecule has 0 radical (unpaired) electrons. The normalized spacial score (nSPS) is 10.2. The highest BCUT2D eigenvalue weighted by Gasteiger charge is 2.13. The summed E-state index contributed by atoms with van der Waals surface area (Å²) < 4.78 is 5.04. The molecule has 0 saturated carbocycles. The number of benzene rings is 1. The molecule has 0 aliphatic rings. The van der Waals surface area contributed by atoms with Crippen molar-refractivity contribution in [2.75, 3.05) is 39.6 Å². The molecule has 2 N–H and O–H groups in total. The van der Waals surface area contributed by atoms with E-state index in [0.717, 1.165) is 13.0 Å². The minimum atomic E-state index is -0.678. The van der Waals surface area contributed by atoms with E-state index in [1.165, 1.54) is 0 Å². The van der Waals surface area contributed by atoms with Crippen LogP contribution < -0.4 is 15.4 Å². The summed E-state index contributed by atoms with van der Waals surface area (Å²) in [5, 5.41) is 5.10. The number of hydrogen-bond donors (Lipinski definition) is 2. The molecule has 0 fully saturated rings. The molecule has 0 unspecified atom stereocenters. The molecule has 1 aromatic carbocycles. The van der Waals surface area contributed by atoms with Crippen LogP contribution in [0.2, 0.25) is 0 Å². The number of nitrogens with one attached hydrogen (secondary N) is 2. The molecule has 110 valence electrons. The summed E-state index contributed by atoms with van der Waals surface area (Å²) in [4.78, 5) is 25.3. The predicted octanol–water partition coefficient (Wildman–Crippen LogP) is 0.702. The summed E-state index contributed by atoms with van der Waals surface area (Å²) in [6, 6.07) is 6.84. The fourth-order valence-electron chi connectivity index (χ4n) is 1.57. The number of ether oxygens (including phenoxy) is 1. The smallest absolute Gasteiger partial charge is 0.313 e. The van der Waals surface area contributed by atoms with Crippen molar-refractivity contribution in [2.24, 2.45) is 0 Å². The lowest BCUT2D eigenvalue weighted by Gasteiger charge is -2.10. The van der Waals surface area contributed by atoms with Crippen LogP contribution in [0.15, 0.2) is 24.3 Å². The van der Waals surface area contributed by atoms with E-state index in [1.54, 1.807) is 31.4 Å². The quantitative estimate of drug-likeness (QED) is 0.594. The fraction of sp³-hybridized carbons (Fsp3) is 0.429. The zero-order valence-electron chi connectivity index (χ0n) is 12.1. The number of hydrogen-bond acceptors (Lipinski definition) is 4. The molecule has 20 heavy (non-hydrogen) atoms. The molecule has 0 heterocycles. The van der Waals surface area contributed by atoms with Gasteiger partial charge in [0.1, 0.15) is 5.75 Å². The van der Waals surface area contributed by atoms with E-state index >= 15 is 0 Å². The summed E-state index contributed by atoms with van der Waals surface area (Å²) in [7, 11) is 5.45. The molecular weight excluding hydrogens is 258 g/mol. The average Bonchev–Trinajstić information content (AvgIpc) is 2.43. The molecule has 0 atom stereocenters. The Labute approximate surface area is 119 Å². The van der Waals surface area contributed by atoms with Crippen molar-refractivity contribution in [1.82, 2.24) is 10.2 Å². The number of carbonyl (C=O) groups excluding carboxylic acids is 2. The second kappa shape index (κ2) is 8.16. The topological polar surface area (TPSA) is 70.7 Å². The van der Waals surface area contributed by atoms with Gasteiger partial charge in [-0.2, -0.15) is 0 Å². The minimum absolute atomic E-state index is 0.475. The van der Waals surface area contributed by atoms with Crippen LogP contribution in [0.4, 0.5) is 5.69 Å². The number of methoxy groups -OCH3 is 1. The Kier molecular flexibility index (Phi) is 6.52. The third-order valence-electron chi connectivity index (χ3n) is 2.60. The third-order valence-corrected chi connectivity index (χ3v) is 2.60. The van der Waals surface area contributed by atoms with E-state index in [1.807, 2.05) is 19.0 Å². The summed E-state index contributed by atoms with van der Waals surface area (Å²) >= 11 is 0. The lowest BCUT2D eigenvalue weighted by Crippen LogP contribution is -2.36. The molecule has 6 nitrogen and oxygen atoms in total. The summed E-state index contributed by atoms with van der Waals surface area (Å²) in [6.45, 7) is 1.33. The van der Waals surface area contributed by atoms with Gasteiger partial charge in [0, 0.05) is 18.3 Å². The molecule has 1 rings (SSSR count). The molecule has 0 aliphatic carbocycles. The maximum Gasteiger partial charge on any atom is 0.313 e. The molecule has 0 aromatic heterocycles. The Hall–Kier alpha value is -2.08. The van der Waals surface area contributed by atoms with Crippen molar-refractivity contribution in [3.8, 4) is 5.75 Å². The molecule has 0 saturated heterocycles. The molecule has 2 amide bonds. The summed E-state index contributed by atoms with van der Waals surface area (Å²) in [5.41, 5.74) is 0.526. The van der Waals surface area contributed by atoms with Crippen LogP contribution >= 0.6 is 0 Å². The van der Waals surface area contributed by atoms with E-state index < -0.39 is 11.8 Å². The zero-order chi connectivity index (χ0) is 15.0. The minimum Gasteiger partial charge on any atom is -0.497 e. The molecule has 0 spiro atoms. The molecular formula is C14H21N3O3. The van der Waals surface area contributed by atoms with Crippen molar-refractivity contribution in [3.05, 3.63) is 24.3 Å². The number of nitrogens with zero attached hydrogens (tertiary/aromatic N) is 1. The van der Waals surface area contributed by atoms with Gasteiger partial charge in [0.25, 0.3) is 0 Å². The van der Waals surface area contributed by atoms with Crippen LogP contribution in [0.1, 0.15) is 6.42 Å². The van der Waals surface area contributed by atoms with Crippen LogP contribution in [-0.4, -0.2) is 51.0 Å². The zero-order valence-corrected chi connectivity index (χ0v) is 12.1. The Balaban J connectivity index is 2.39. The van der Waals surface area contributed by atoms with Crippen LogP contribution in [0, 0.1) is 0 Å². The number of rotatable bonds is 6. The van der Waals surface area contributed by atoms with Gasteiger partial charge < -0.3 is 20.3 Å². The van der Waals surface area contributed by atoms with Gasteiger partial charge in [-0.25, -0.2) is 0 Å². The van der Waals surface area contributed by atoms with Crippen LogP contribution in [-0.2, 0) is 9.59 Å². The maximum absolute atomic E-state index is 11.7. The largest absolute Gasteiger partial charge is 0.497 e. The van der Waals surface area contributed by atoms with Gasteiger partial charge in [-0.3, -0.25) is 9.59 Å². The standard InChI is InChI=1S/C14H21N3O3/c1-17(2)9-5-8-15-13(18)14(19)16-11-6-4-7-12(10-11)20-3/h4,6-7,10H,5,8-9H2,1-3H3,(H,15,18)(H,16,19). The lowest BCUT2D eigenvalue weighted by atomic mass is 10.3. The number of anilines is 1. The van der Waals surface area contributed by atoms with E-state index in [-0.39, 0.29) is 0 Å². The first-order valence-electron chi connectivity index (χ1n) is 6.41. The second-order valence-corrected chi connectivity index (χ2v) is 4.60. The fourth-order valence-corrected chi connectivity index (χ4v) is 1.57. The van der Waals surface area contributed by atoms with Crippen molar-refractivity contribution in [2.45, 2.75) is 6.42 Å². The van der Waals surface area contributed by atoms with Gasteiger partial charge in [0.15, 0.2) is 0 Å². The Morgan fingerprint density at radius 1 is 1.25 bits per heavy atom. The van der Waals surface area contributed by atoms with Gasteiger partial charge in [-0.05, 0) is 39.2 Å². The first-order chi connectivity index (χ1) is 9.52.